The van der Waals surface area contributed by atoms with E-state index in [0.717, 1.165) is 22.4 Å². The standard InChI is InChI=1S/C24H31N3O3S/c1-15(2)19-10-21(16(3)4)24(22(11-19)17(5)6)31(28,29)30-23-12-20-13-25-9-8-18(7)27(20)14-26-23/h8-17H,1-7H3. The predicted molar refractivity (Wildman–Crippen MR) is 126 cm³/mol. The molecule has 0 saturated heterocycles. The maximum Gasteiger partial charge on any atom is 0.341 e. The minimum Gasteiger partial charge on any atom is -0.358 e. The maximum absolute atomic E-state index is 13.5. The van der Waals surface area contributed by atoms with Crippen LogP contribution in [0.4, 0.5) is 0 Å². The van der Waals surface area contributed by atoms with Crippen molar-refractivity contribution in [2.24, 2.45) is 9.98 Å². The van der Waals surface area contributed by atoms with Crippen LogP contribution in [0, 0.1) is 0 Å². The molecule has 3 rings (SSSR count). The summed E-state index contributed by atoms with van der Waals surface area (Å²) in [6.07, 6.45) is 8.31. The monoisotopic (exact) mass is 441 g/mol. The van der Waals surface area contributed by atoms with Gasteiger partial charge in [0.15, 0.2) is 0 Å². The highest BCUT2D eigenvalue weighted by atomic mass is 32.2. The number of nitrogens with zero attached hydrogens (tertiary/aromatic N) is 3. The van der Waals surface area contributed by atoms with E-state index in [2.05, 4.69) is 23.8 Å². The average Bonchev–Trinajstić information content (AvgIpc) is 2.87. The molecule has 166 valence electrons. The zero-order valence-corrected chi connectivity index (χ0v) is 20.1. The largest absolute Gasteiger partial charge is 0.358 e. The Hall–Kier alpha value is -2.67. The Kier molecular flexibility index (Phi) is 6.55. The normalized spacial score (nSPS) is 16.3. The molecule has 1 aromatic rings. The molecule has 2 aliphatic heterocycles. The first-order chi connectivity index (χ1) is 14.5. The van der Waals surface area contributed by atoms with Crippen molar-refractivity contribution in [1.29, 1.82) is 0 Å². The van der Waals surface area contributed by atoms with E-state index in [9.17, 15) is 8.42 Å². The lowest BCUT2D eigenvalue weighted by Crippen LogP contribution is -2.22. The third-order valence-corrected chi connectivity index (χ3v) is 6.72. The van der Waals surface area contributed by atoms with Crippen LogP contribution in [-0.4, -0.2) is 25.9 Å². The van der Waals surface area contributed by atoms with Gasteiger partial charge in [-0.25, -0.2) is 4.99 Å². The number of allylic oxidation sites excluding steroid dienone is 3. The summed E-state index contributed by atoms with van der Waals surface area (Å²) in [6.45, 7) is 14.2. The van der Waals surface area contributed by atoms with Gasteiger partial charge in [-0.05, 0) is 47.4 Å². The molecule has 0 aromatic heterocycles. The summed E-state index contributed by atoms with van der Waals surface area (Å²) in [7, 11) is -4.09. The van der Waals surface area contributed by atoms with Crippen molar-refractivity contribution in [3.63, 3.8) is 0 Å². The zero-order valence-electron chi connectivity index (χ0n) is 19.2. The van der Waals surface area contributed by atoms with E-state index in [0.29, 0.717) is 11.6 Å². The molecule has 31 heavy (non-hydrogen) atoms. The van der Waals surface area contributed by atoms with Gasteiger partial charge in [0.2, 0.25) is 5.88 Å². The predicted octanol–water partition coefficient (Wildman–Crippen LogP) is 5.78. The van der Waals surface area contributed by atoms with Crippen molar-refractivity contribution < 1.29 is 12.6 Å². The Morgan fingerprint density at radius 2 is 1.58 bits per heavy atom. The van der Waals surface area contributed by atoms with Crippen LogP contribution in [0.25, 0.3) is 0 Å². The van der Waals surface area contributed by atoms with E-state index in [1.54, 1.807) is 24.8 Å². The first kappa shape index (κ1) is 23.0. The highest BCUT2D eigenvalue weighted by molar-refractivity contribution is 7.87. The topological polar surface area (TPSA) is 71.3 Å². The van der Waals surface area contributed by atoms with E-state index < -0.39 is 10.1 Å². The summed E-state index contributed by atoms with van der Waals surface area (Å²) in [5, 5.41) is 0. The van der Waals surface area contributed by atoms with Crippen LogP contribution < -0.4 is 0 Å². The van der Waals surface area contributed by atoms with Gasteiger partial charge < -0.3 is 9.08 Å². The first-order valence-electron chi connectivity index (χ1n) is 10.6. The Balaban J connectivity index is 2.07. The maximum atomic E-state index is 13.5. The lowest BCUT2D eigenvalue weighted by molar-refractivity contribution is 0.396. The van der Waals surface area contributed by atoms with Gasteiger partial charge in [0.05, 0.1) is 11.9 Å². The molecule has 1 aromatic carbocycles. The van der Waals surface area contributed by atoms with Crippen LogP contribution in [-0.2, 0) is 14.3 Å². The SMILES string of the molecule is CC1=CC=NC=C2C=C(OS(=O)(=O)c3c(C(C)C)cc(C(C)C)cc3C(C)C)N=CN12. The van der Waals surface area contributed by atoms with Gasteiger partial charge in [0.1, 0.15) is 11.2 Å². The second kappa shape index (κ2) is 8.83. The average molecular weight is 442 g/mol. The minimum atomic E-state index is -4.09. The van der Waals surface area contributed by atoms with Gasteiger partial charge in [0, 0.05) is 18.0 Å². The molecular weight excluding hydrogens is 410 g/mol. The summed E-state index contributed by atoms with van der Waals surface area (Å²) >= 11 is 0. The fourth-order valence-electron chi connectivity index (χ4n) is 3.54. The Labute approximate surface area is 185 Å². The molecule has 0 unspecified atom stereocenters. The number of hydrogen-bond acceptors (Lipinski definition) is 6. The molecule has 0 saturated carbocycles. The lowest BCUT2D eigenvalue weighted by Gasteiger charge is -2.25. The summed E-state index contributed by atoms with van der Waals surface area (Å²) in [5.41, 5.74) is 4.28. The smallest absolute Gasteiger partial charge is 0.341 e. The first-order valence-corrected chi connectivity index (χ1v) is 12.0. The number of aliphatic imine (C=N–C) groups is 2. The summed E-state index contributed by atoms with van der Waals surface area (Å²) in [5.74, 6) is 0.360. The van der Waals surface area contributed by atoms with Crippen molar-refractivity contribution in [3.05, 3.63) is 64.5 Å². The molecular formula is C24H31N3O3S. The third kappa shape index (κ3) is 4.82. The van der Waals surface area contributed by atoms with E-state index in [-0.39, 0.29) is 22.6 Å². The van der Waals surface area contributed by atoms with Gasteiger partial charge in [-0.15, -0.1) is 0 Å². The highest BCUT2D eigenvalue weighted by Gasteiger charge is 2.30. The molecule has 0 aliphatic carbocycles. The fourth-order valence-corrected chi connectivity index (χ4v) is 5.10. The van der Waals surface area contributed by atoms with Crippen molar-refractivity contribution in [3.8, 4) is 0 Å². The zero-order chi connectivity index (χ0) is 22.9. The van der Waals surface area contributed by atoms with E-state index in [1.807, 2.05) is 57.7 Å². The van der Waals surface area contributed by atoms with Crippen LogP contribution in [0.5, 0.6) is 0 Å². The van der Waals surface area contributed by atoms with Crippen LogP contribution in [0.2, 0.25) is 0 Å². The van der Waals surface area contributed by atoms with Gasteiger partial charge in [-0.2, -0.15) is 8.42 Å². The molecule has 2 aliphatic rings. The van der Waals surface area contributed by atoms with Gasteiger partial charge in [-0.1, -0.05) is 53.7 Å². The van der Waals surface area contributed by atoms with Crippen molar-refractivity contribution in [1.82, 2.24) is 4.90 Å². The summed E-state index contributed by atoms with van der Waals surface area (Å²) in [4.78, 5) is 10.5. The molecule has 0 spiro atoms. The molecule has 0 radical (unpaired) electrons. The Bertz CT molecular complexity index is 1090. The van der Waals surface area contributed by atoms with E-state index in [1.165, 1.54) is 0 Å². The van der Waals surface area contributed by atoms with Crippen LogP contribution in [0.1, 0.15) is 82.9 Å². The number of benzene rings is 1. The van der Waals surface area contributed by atoms with E-state index >= 15 is 0 Å². The van der Waals surface area contributed by atoms with Crippen molar-refractivity contribution in [2.45, 2.75) is 71.1 Å². The molecule has 7 heteroatoms. The molecule has 0 atom stereocenters. The Morgan fingerprint density at radius 3 is 2.13 bits per heavy atom. The summed E-state index contributed by atoms with van der Waals surface area (Å²) in [6, 6.07) is 3.99. The molecule has 2 heterocycles. The van der Waals surface area contributed by atoms with E-state index in [4.69, 9.17) is 4.18 Å². The van der Waals surface area contributed by atoms with Crippen LogP contribution >= 0.6 is 0 Å². The number of hydrogen-bond donors (Lipinski definition) is 0. The molecule has 0 bridgehead atoms. The Morgan fingerprint density at radius 1 is 0.968 bits per heavy atom. The summed E-state index contributed by atoms with van der Waals surface area (Å²) < 4.78 is 32.6. The van der Waals surface area contributed by atoms with Crippen LogP contribution in [0.15, 0.2) is 62.6 Å². The van der Waals surface area contributed by atoms with Gasteiger partial charge in [0.25, 0.3) is 0 Å². The second-order valence-electron chi connectivity index (χ2n) is 8.79. The fraction of sp³-hybridized carbons (Fsp3) is 0.417. The minimum absolute atomic E-state index is 0.0183. The van der Waals surface area contributed by atoms with Gasteiger partial charge in [-0.3, -0.25) is 4.99 Å². The van der Waals surface area contributed by atoms with Crippen molar-refractivity contribution in [2.75, 3.05) is 0 Å². The molecule has 6 nitrogen and oxygen atoms in total. The second-order valence-corrected chi connectivity index (χ2v) is 10.3. The lowest BCUT2D eigenvalue weighted by atomic mass is 9.89. The van der Waals surface area contributed by atoms with Crippen molar-refractivity contribution >= 4 is 22.7 Å². The third-order valence-electron chi connectivity index (χ3n) is 5.36. The van der Waals surface area contributed by atoms with Gasteiger partial charge >= 0.3 is 10.1 Å². The molecule has 0 fully saturated rings. The van der Waals surface area contributed by atoms with Crippen LogP contribution in [0.3, 0.4) is 0 Å². The number of rotatable bonds is 6. The quantitative estimate of drug-likeness (QED) is 0.525. The molecule has 0 N–H and O–H groups in total. The molecule has 0 amide bonds. The highest BCUT2D eigenvalue weighted by Crippen LogP contribution is 2.37. The number of fused-ring (bicyclic) bond motifs is 1.